The van der Waals surface area contributed by atoms with Crippen LogP contribution in [0.5, 0.6) is 0 Å². The minimum absolute atomic E-state index is 0.0927. The van der Waals surface area contributed by atoms with Crippen molar-refractivity contribution in [1.82, 2.24) is 0 Å². The molecule has 1 aromatic rings. The number of allylic oxidation sites excluding steroid dienone is 1. The largest absolute Gasteiger partial charge is 0.294 e. The van der Waals surface area contributed by atoms with Crippen LogP contribution in [0.1, 0.15) is 17.3 Å². The van der Waals surface area contributed by atoms with Crippen molar-refractivity contribution >= 4 is 40.8 Å². The van der Waals surface area contributed by atoms with E-state index in [9.17, 15) is 19.7 Å². The van der Waals surface area contributed by atoms with E-state index in [0.717, 1.165) is 0 Å². The Morgan fingerprint density at radius 1 is 1.10 bits per heavy atom. The third kappa shape index (κ3) is 3.00. The van der Waals surface area contributed by atoms with Crippen LogP contribution < -0.4 is 0 Å². The van der Waals surface area contributed by atoms with E-state index < -0.39 is 10.7 Å². The van der Waals surface area contributed by atoms with Gasteiger partial charge in [0.15, 0.2) is 11.6 Å². The number of benzene rings is 1. The number of nitro benzene ring substituents is 1. The van der Waals surface area contributed by atoms with Crippen LogP contribution in [0.4, 0.5) is 5.69 Å². The molecule has 0 aromatic heterocycles. The quantitative estimate of drug-likeness (QED) is 0.211. The lowest BCUT2D eigenvalue weighted by Gasteiger charge is -2.06. The molecule has 0 N–H and O–H groups in total. The number of carbonyl (C=O) groups is 2. The van der Waals surface area contributed by atoms with E-state index in [1.807, 2.05) is 0 Å². The Labute approximate surface area is 123 Å². The zero-order valence-corrected chi connectivity index (χ0v) is 12.0. The molecule has 7 heteroatoms. The van der Waals surface area contributed by atoms with Crippen molar-refractivity contribution in [1.29, 1.82) is 0 Å². The third-order valence-corrected chi connectivity index (χ3v) is 4.66. The van der Waals surface area contributed by atoms with Crippen LogP contribution in [0, 0.1) is 10.1 Å². The fourth-order valence-electron chi connectivity index (χ4n) is 1.60. The molecule has 1 aromatic carbocycles. The lowest BCUT2D eigenvalue weighted by Crippen LogP contribution is -2.11. The number of carbonyl (C=O) groups excluding carboxylic acids is 2. The molecule has 0 atom stereocenters. The summed E-state index contributed by atoms with van der Waals surface area (Å²) < 4.78 is 0.640. The fourth-order valence-corrected chi connectivity index (χ4v) is 3.56. The van der Waals surface area contributed by atoms with Gasteiger partial charge in [-0.1, -0.05) is 23.5 Å². The van der Waals surface area contributed by atoms with E-state index >= 15 is 0 Å². The molecule has 0 unspecified atom stereocenters. The van der Waals surface area contributed by atoms with Crippen LogP contribution in [0.2, 0.25) is 0 Å². The summed E-state index contributed by atoms with van der Waals surface area (Å²) in [5.41, 5.74) is 0.296. The molecule has 0 saturated carbocycles. The zero-order valence-electron chi connectivity index (χ0n) is 10.4. The van der Waals surface area contributed by atoms with Crippen molar-refractivity contribution in [2.45, 2.75) is 6.92 Å². The van der Waals surface area contributed by atoms with Crippen molar-refractivity contribution in [2.24, 2.45) is 0 Å². The average molecular weight is 307 g/mol. The Balaban J connectivity index is 2.36. The van der Waals surface area contributed by atoms with Crippen molar-refractivity contribution < 1.29 is 14.5 Å². The predicted octanol–water partition coefficient (Wildman–Crippen LogP) is 3.53. The molecule has 20 heavy (non-hydrogen) atoms. The van der Waals surface area contributed by atoms with Crippen LogP contribution in [0.15, 0.2) is 44.9 Å². The molecule has 102 valence electrons. The van der Waals surface area contributed by atoms with Crippen molar-refractivity contribution in [2.75, 3.05) is 0 Å². The van der Waals surface area contributed by atoms with Crippen molar-refractivity contribution in [3.63, 3.8) is 0 Å². The normalized spacial score (nSPS) is 13.3. The van der Waals surface area contributed by atoms with E-state index in [0.29, 0.717) is 4.24 Å². The van der Waals surface area contributed by atoms with Crippen LogP contribution in [0.3, 0.4) is 0 Å². The summed E-state index contributed by atoms with van der Waals surface area (Å²) in [7, 11) is 0. The predicted molar refractivity (Wildman–Crippen MR) is 79.5 cm³/mol. The van der Waals surface area contributed by atoms with Gasteiger partial charge in [0.25, 0.3) is 5.69 Å². The number of Topliss-reactive ketones (excluding diaryl/α,β-unsaturated/α-hetero) is 2. The molecule has 0 saturated heterocycles. The van der Waals surface area contributed by atoms with Crippen LogP contribution in [0.25, 0.3) is 0 Å². The van der Waals surface area contributed by atoms with E-state index in [2.05, 4.69) is 0 Å². The lowest BCUT2D eigenvalue weighted by atomic mass is 10.0. The SMILES string of the molecule is CC(=O)C(C(=O)c1ccc([N+](=O)[O-])cc1)=C1SC=CS1. The second kappa shape index (κ2) is 6.06. The first-order valence-corrected chi connectivity index (χ1v) is 7.29. The van der Waals surface area contributed by atoms with Gasteiger partial charge in [0.2, 0.25) is 0 Å². The summed E-state index contributed by atoms with van der Waals surface area (Å²) in [6.07, 6.45) is 0. The van der Waals surface area contributed by atoms with Crippen molar-refractivity contribution in [3.05, 3.63) is 60.6 Å². The fraction of sp³-hybridized carbons (Fsp3) is 0.0769. The molecule has 0 aliphatic carbocycles. The van der Waals surface area contributed by atoms with E-state index in [1.165, 1.54) is 54.7 Å². The zero-order chi connectivity index (χ0) is 14.7. The molecular weight excluding hydrogens is 298 g/mol. The van der Waals surface area contributed by atoms with Gasteiger partial charge >= 0.3 is 0 Å². The van der Waals surface area contributed by atoms with Gasteiger partial charge in [-0.15, -0.1) is 0 Å². The highest BCUT2D eigenvalue weighted by Gasteiger charge is 2.23. The van der Waals surface area contributed by atoms with Crippen LogP contribution in [-0.2, 0) is 4.79 Å². The van der Waals surface area contributed by atoms with Gasteiger partial charge in [-0.3, -0.25) is 19.7 Å². The molecule has 0 radical (unpaired) electrons. The summed E-state index contributed by atoms with van der Waals surface area (Å²) in [5.74, 6) is -0.724. The van der Waals surface area contributed by atoms with Crippen LogP contribution >= 0.6 is 23.5 Å². The van der Waals surface area contributed by atoms with E-state index in [-0.39, 0.29) is 22.6 Å². The number of hydrogen-bond acceptors (Lipinski definition) is 6. The lowest BCUT2D eigenvalue weighted by molar-refractivity contribution is -0.384. The highest BCUT2D eigenvalue weighted by molar-refractivity contribution is 8.27. The number of hydrogen-bond donors (Lipinski definition) is 0. The van der Waals surface area contributed by atoms with Gasteiger partial charge in [-0.25, -0.2) is 0 Å². The minimum Gasteiger partial charge on any atom is -0.294 e. The van der Waals surface area contributed by atoms with Gasteiger partial charge in [0.05, 0.1) is 14.7 Å². The van der Waals surface area contributed by atoms with E-state index in [4.69, 9.17) is 0 Å². The van der Waals surface area contributed by atoms with Gasteiger partial charge < -0.3 is 0 Å². The number of thioether (sulfide) groups is 2. The summed E-state index contributed by atoms with van der Waals surface area (Å²) in [4.78, 5) is 34.1. The Morgan fingerprint density at radius 3 is 2.10 bits per heavy atom. The van der Waals surface area contributed by atoms with Gasteiger partial charge in [-0.2, -0.15) is 0 Å². The molecule has 0 bridgehead atoms. The number of rotatable bonds is 4. The molecule has 0 spiro atoms. The molecule has 1 aliphatic rings. The summed E-state index contributed by atoms with van der Waals surface area (Å²) in [6, 6.07) is 5.23. The number of ketones is 2. The molecule has 1 heterocycles. The maximum Gasteiger partial charge on any atom is 0.269 e. The van der Waals surface area contributed by atoms with Gasteiger partial charge in [-0.05, 0) is 29.9 Å². The first-order chi connectivity index (χ1) is 9.50. The Hall–Kier alpha value is -1.86. The molecule has 2 rings (SSSR count). The average Bonchev–Trinajstić information content (AvgIpc) is 2.92. The second-order valence-corrected chi connectivity index (χ2v) is 5.95. The Kier molecular flexibility index (Phi) is 4.41. The highest BCUT2D eigenvalue weighted by Crippen LogP contribution is 2.40. The maximum atomic E-state index is 12.4. The minimum atomic E-state index is -0.537. The first kappa shape index (κ1) is 14.5. The molecule has 5 nitrogen and oxygen atoms in total. The molecule has 0 amide bonds. The summed E-state index contributed by atoms with van der Waals surface area (Å²) in [6.45, 7) is 1.34. The van der Waals surface area contributed by atoms with Gasteiger partial charge in [0.1, 0.15) is 0 Å². The third-order valence-electron chi connectivity index (χ3n) is 2.53. The smallest absolute Gasteiger partial charge is 0.269 e. The topological polar surface area (TPSA) is 77.3 Å². The highest BCUT2D eigenvalue weighted by atomic mass is 32.2. The number of non-ortho nitro benzene ring substituents is 1. The number of nitro groups is 1. The van der Waals surface area contributed by atoms with Gasteiger partial charge in [0, 0.05) is 17.7 Å². The number of nitrogens with zero attached hydrogens (tertiary/aromatic N) is 1. The summed E-state index contributed by atoms with van der Waals surface area (Å²) >= 11 is 2.64. The van der Waals surface area contributed by atoms with E-state index in [1.54, 1.807) is 10.8 Å². The second-order valence-electron chi connectivity index (χ2n) is 3.86. The maximum absolute atomic E-state index is 12.4. The van der Waals surface area contributed by atoms with Crippen LogP contribution in [-0.4, -0.2) is 16.5 Å². The molecule has 1 aliphatic heterocycles. The molecular formula is C13H9NO4S2. The first-order valence-electron chi connectivity index (χ1n) is 5.53. The standard InChI is InChI=1S/C13H9NO4S2/c1-8(15)11(13-19-6-7-20-13)12(16)9-2-4-10(5-3-9)14(17)18/h2-7H,1H3. The monoisotopic (exact) mass is 307 g/mol. The summed E-state index contributed by atoms with van der Waals surface area (Å²) in [5, 5.41) is 14.2. The molecule has 0 fully saturated rings. The Morgan fingerprint density at radius 2 is 1.65 bits per heavy atom. The Bertz CT molecular complexity index is 637. The van der Waals surface area contributed by atoms with Crippen molar-refractivity contribution in [3.8, 4) is 0 Å².